The molecule has 0 radical (unpaired) electrons. The van der Waals surface area contributed by atoms with E-state index >= 15 is 0 Å². The second-order valence-corrected chi connectivity index (χ2v) is 7.44. The van der Waals surface area contributed by atoms with Crippen LogP contribution in [0.5, 0.6) is 0 Å². The average Bonchev–Trinajstić information content (AvgIpc) is 3.28. The molecule has 26 heavy (non-hydrogen) atoms. The zero-order valence-electron chi connectivity index (χ0n) is 14.5. The Morgan fingerprint density at radius 3 is 2.88 bits per heavy atom. The van der Waals surface area contributed by atoms with E-state index in [0.717, 1.165) is 53.1 Å². The molecule has 5 nitrogen and oxygen atoms in total. The Hall–Kier alpha value is -2.54. The summed E-state index contributed by atoms with van der Waals surface area (Å²) >= 11 is 1.38. The second kappa shape index (κ2) is 6.99. The van der Waals surface area contributed by atoms with Crippen LogP contribution >= 0.6 is 11.3 Å². The molecule has 0 saturated carbocycles. The van der Waals surface area contributed by atoms with Crippen LogP contribution in [0.4, 0.5) is 10.2 Å². The Morgan fingerprint density at radius 2 is 2.12 bits per heavy atom. The number of rotatable bonds is 4. The van der Waals surface area contributed by atoms with Crippen LogP contribution in [0.1, 0.15) is 33.6 Å². The van der Waals surface area contributed by atoms with E-state index in [-0.39, 0.29) is 18.3 Å². The Balaban J connectivity index is 1.61. The molecule has 0 atom stereocenters. The van der Waals surface area contributed by atoms with Crippen LogP contribution in [0.25, 0.3) is 10.2 Å². The number of amides is 1. The van der Waals surface area contributed by atoms with Crippen molar-refractivity contribution in [3.63, 3.8) is 0 Å². The summed E-state index contributed by atoms with van der Waals surface area (Å²) < 4.78 is 13.3. The van der Waals surface area contributed by atoms with Crippen molar-refractivity contribution < 1.29 is 9.18 Å². The molecule has 0 unspecified atom stereocenters. The molecule has 134 valence electrons. The monoisotopic (exact) mass is 370 g/mol. The summed E-state index contributed by atoms with van der Waals surface area (Å²) in [5.41, 5.74) is 1.64. The molecule has 0 bridgehead atoms. The first-order valence-corrected chi connectivity index (χ1v) is 9.47. The van der Waals surface area contributed by atoms with Gasteiger partial charge in [0.05, 0.1) is 10.3 Å². The molecule has 0 aliphatic carbocycles. The third kappa shape index (κ3) is 3.14. The fourth-order valence-corrected chi connectivity index (χ4v) is 4.41. The number of hydrogen-bond acceptors (Lipinski definition) is 5. The molecule has 1 fully saturated rings. The van der Waals surface area contributed by atoms with Gasteiger partial charge < -0.3 is 10.2 Å². The number of carbonyl (C=O) groups is 1. The Labute approximate surface area is 154 Å². The van der Waals surface area contributed by atoms with Gasteiger partial charge >= 0.3 is 0 Å². The van der Waals surface area contributed by atoms with Gasteiger partial charge in [0.1, 0.15) is 22.8 Å². The van der Waals surface area contributed by atoms with Gasteiger partial charge in [-0.2, -0.15) is 0 Å². The maximum absolute atomic E-state index is 13.3. The summed E-state index contributed by atoms with van der Waals surface area (Å²) in [7, 11) is 0. The van der Waals surface area contributed by atoms with Gasteiger partial charge in [0.2, 0.25) is 0 Å². The number of anilines is 1. The van der Waals surface area contributed by atoms with Gasteiger partial charge in [-0.3, -0.25) is 4.79 Å². The van der Waals surface area contributed by atoms with Crippen LogP contribution in [-0.2, 0) is 6.54 Å². The zero-order valence-corrected chi connectivity index (χ0v) is 15.3. The highest BCUT2D eigenvalue weighted by molar-refractivity contribution is 7.20. The molecule has 1 amide bonds. The molecular weight excluding hydrogens is 351 g/mol. The lowest BCUT2D eigenvalue weighted by Gasteiger charge is -2.17. The van der Waals surface area contributed by atoms with Crippen molar-refractivity contribution in [2.45, 2.75) is 26.3 Å². The summed E-state index contributed by atoms with van der Waals surface area (Å²) in [5, 5.41) is 3.84. The predicted molar refractivity (Wildman–Crippen MR) is 101 cm³/mol. The SMILES string of the molecule is Cc1c(C(=O)NCc2cccc(F)c2)sc2ncnc(N3CCCC3)c12. The van der Waals surface area contributed by atoms with Gasteiger partial charge in [-0.05, 0) is 43.0 Å². The van der Waals surface area contributed by atoms with Crippen LogP contribution in [0.2, 0.25) is 0 Å². The van der Waals surface area contributed by atoms with E-state index in [0.29, 0.717) is 4.88 Å². The Bertz CT molecular complexity index is 965. The highest BCUT2D eigenvalue weighted by Crippen LogP contribution is 2.35. The number of nitrogens with one attached hydrogen (secondary N) is 1. The number of aryl methyl sites for hydroxylation is 1. The maximum atomic E-state index is 13.3. The average molecular weight is 370 g/mol. The minimum absolute atomic E-state index is 0.165. The van der Waals surface area contributed by atoms with E-state index in [2.05, 4.69) is 20.2 Å². The zero-order chi connectivity index (χ0) is 18.1. The molecule has 2 aromatic heterocycles. The molecule has 1 aliphatic rings. The maximum Gasteiger partial charge on any atom is 0.261 e. The molecule has 1 aliphatic heterocycles. The third-order valence-electron chi connectivity index (χ3n) is 4.66. The number of nitrogens with zero attached hydrogens (tertiary/aromatic N) is 3. The molecule has 1 N–H and O–H groups in total. The lowest BCUT2D eigenvalue weighted by atomic mass is 10.2. The standard InChI is InChI=1S/C19H19FN4OS/c1-12-15-17(24-7-2-3-8-24)22-11-23-19(15)26-16(12)18(25)21-10-13-5-4-6-14(20)9-13/h4-6,9,11H,2-3,7-8,10H2,1H3,(H,21,25). The molecule has 1 saturated heterocycles. The Morgan fingerprint density at radius 1 is 1.31 bits per heavy atom. The summed E-state index contributed by atoms with van der Waals surface area (Å²) in [6.45, 7) is 4.21. The van der Waals surface area contributed by atoms with Crippen molar-refractivity contribution in [1.29, 1.82) is 0 Å². The third-order valence-corrected chi connectivity index (χ3v) is 5.86. The minimum Gasteiger partial charge on any atom is -0.356 e. The van der Waals surface area contributed by atoms with E-state index in [1.807, 2.05) is 6.92 Å². The first kappa shape index (κ1) is 16.9. The smallest absolute Gasteiger partial charge is 0.261 e. The van der Waals surface area contributed by atoms with Crippen LogP contribution in [-0.4, -0.2) is 29.0 Å². The van der Waals surface area contributed by atoms with E-state index < -0.39 is 0 Å². The molecule has 1 aromatic carbocycles. The quantitative estimate of drug-likeness (QED) is 0.761. The van der Waals surface area contributed by atoms with Crippen molar-refractivity contribution in [2.75, 3.05) is 18.0 Å². The van der Waals surface area contributed by atoms with E-state index in [1.165, 1.54) is 23.5 Å². The minimum atomic E-state index is -0.305. The number of fused-ring (bicyclic) bond motifs is 1. The number of benzene rings is 1. The molecule has 3 heterocycles. The number of hydrogen-bond donors (Lipinski definition) is 1. The first-order valence-electron chi connectivity index (χ1n) is 8.65. The van der Waals surface area contributed by atoms with Crippen molar-refractivity contribution >= 4 is 33.3 Å². The summed E-state index contributed by atoms with van der Waals surface area (Å²) in [6.07, 6.45) is 3.89. The van der Waals surface area contributed by atoms with E-state index in [4.69, 9.17) is 0 Å². The van der Waals surface area contributed by atoms with Crippen molar-refractivity contribution in [3.05, 3.63) is 52.4 Å². The summed E-state index contributed by atoms with van der Waals surface area (Å²) in [6, 6.07) is 6.24. The van der Waals surface area contributed by atoms with Gasteiger partial charge in [-0.1, -0.05) is 12.1 Å². The highest BCUT2D eigenvalue weighted by Gasteiger charge is 2.23. The number of halogens is 1. The Kier molecular flexibility index (Phi) is 4.55. The molecule has 0 spiro atoms. The molecule has 7 heteroatoms. The largest absolute Gasteiger partial charge is 0.356 e. The number of carbonyl (C=O) groups excluding carboxylic acids is 1. The fraction of sp³-hybridized carbons (Fsp3) is 0.316. The van der Waals surface area contributed by atoms with Crippen LogP contribution in [0.15, 0.2) is 30.6 Å². The van der Waals surface area contributed by atoms with Crippen LogP contribution < -0.4 is 10.2 Å². The number of aromatic nitrogens is 2. The second-order valence-electron chi connectivity index (χ2n) is 6.44. The predicted octanol–water partition coefficient (Wildman–Crippen LogP) is 3.67. The van der Waals surface area contributed by atoms with Crippen LogP contribution in [0.3, 0.4) is 0 Å². The van der Waals surface area contributed by atoms with Crippen molar-refractivity contribution in [2.24, 2.45) is 0 Å². The normalized spacial score (nSPS) is 14.2. The molecule has 4 rings (SSSR count). The van der Waals surface area contributed by atoms with Crippen LogP contribution in [0, 0.1) is 12.7 Å². The molecular formula is C19H19FN4OS. The van der Waals surface area contributed by atoms with E-state index in [1.54, 1.807) is 18.5 Å². The fourth-order valence-electron chi connectivity index (χ4n) is 3.35. The first-order chi connectivity index (χ1) is 12.6. The van der Waals surface area contributed by atoms with Gasteiger partial charge in [0, 0.05) is 19.6 Å². The van der Waals surface area contributed by atoms with Gasteiger partial charge in [0.15, 0.2) is 0 Å². The van der Waals surface area contributed by atoms with Crippen molar-refractivity contribution in [1.82, 2.24) is 15.3 Å². The van der Waals surface area contributed by atoms with E-state index in [9.17, 15) is 9.18 Å². The van der Waals surface area contributed by atoms with Gasteiger partial charge in [-0.15, -0.1) is 11.3 Å². The van der Waals surface area contributed by atoms with Crippen molar-refractivity contribution in [3.8, 4) is 0 Å². The summed E-state index contributed by atoms with van der Waals surface area (Å²) in [4.78, 5) is 25.2. The molecule has 3 aromatic rings. The number of thiophene rings is 1. The van der Waals surface area contributed by atoms with Gasteiger partial charge in [-0.25, -0.2) is 14.4 Å². The topological polar surface area (TPSA) is 58.1 Å². The highest BCUT2D eigenvalue weighted by atomic mass is 32.1. The lowest BCUT2D eigenvalue weighted by Crippen LogP contribution is -2.22. The van der Waals surface area contributed by atoms with Gasteiger partial charge in [0.25, 0.3) is 5.91 Å². The summed E-state index contributed by atoms with van der Waals surface area (Å²) in [5.74, 6) is 0.452. The lowest BCUT2D eigenvalue weighted by molar-refractivity contribution is 0.0954.